The second kappa shape index (κ2) is 5.88. The van der Waals surface area contributed by atoms with Crippen molar-refractivity contribution in [3.63, 3.8) is 0 Å². The van der Waals surface area contributed by atoms with Gasteiger partial charge in [0.05, 0.1) is 6.10 Å². The number of hydrogen-bond donors (Lipinski definition) is 3. The fourth-order valence-electron chi connectivity index (χ4n) is 2.40. The van der Waals surface area contributed by atoms with E-state index in [0.717, 1.165) is 12.5 Å². The van der Waals surface area contributed by atoms with E-state index in [9.17, 15) is 23.1 Å². The van der Waals surface area contributed by atoms with Gasteiger partial charge < -0.3 is 15.5 Å². The highest BCUT2D eigenvalue weighted by Crippen LogP contribution is 2.30. The van der Waals surface area contributed by atoms with Crippen LogP contribution < -0.4 is 5.32 Å². The first-order valence-electron chi connectivity index (χ1n) is 6.51. The number of aromatic nitrogens is 1. The van der Waals surface area contributed by atoms with Gasteiger partial charge in [-0.1, -0.05) is 0 Å². The SMILES string of the molecule is O=C(O)c1ccc(C(F)(F)F)nc1NCC1CCC(O)C1. The normalized spacial score (nSPS) is 22.3. The van der Waals surface area contributed by atoms with E-state index in [2.05, 4.69) is 10.3 Å². The molecule has 1 fully saturated rings. The molecule has 1 aromatic rings. The molecule has 0 bridgehead atoms. The van der Waals surface area contributed by atoms with Crippen LogP contribution in [0.3, 0.4) is 0 Å². The number of alkyl halides is 3. The minimum Gasteiger partial charge on any atom is -0.478 e. The second-order valence-electron chi connectivity index (χ2n) is 5.11. The van der Waals surface area contributed by atoms with Crippen molar-refractivity contribution in [1.82, 2.24) is 4.98 Å². The molecule has 0 radical (unpaired) electrons. The third-order valence-corrected chi connectivity index (χ3v) is 3.49. The molecule has 0 aromatic carbocycles. The first kappa shape index (κ1) is 15.6. The van der Waals surface area contributed by atoms with Gasteiger partial charge in [0, 0.05) is 6.54 Å². The lowest BCUT2D eigenvalue weighted by Gasteiger charge is -2.15. The van der Waals surface area contributed by atoms with Crippen LogP contribution in [-0.2, 0) is 6.18 Å². The van der Waals surface area contributed by atoms with E-state index in [1.54, 1.807) is 0 Å². The van der Waals surface area contributed by atoms with Gasteiger partial charge in [-0.15, -0.1) is 0 Å². The molecule has 2 unspecified atom stereocenters. The number of nitrogens with one attached hydrogen (secondary N) is 1. The van der Waals surface area contributed by atoms with Crippen molar-refractivity contribution < 1.29 is 28.2 Å². The minimum atomic E-state index is -4.63. The van der Waals surface area contributed by atoms with Crippen LogP contribution in [0.4, 0.5) is 19.0 Å². The first-order valence-corrected chi connectivity index (χ1v) is 6.51. The van der Waals surface area contributed by atoms with E-state index in [4.69, 9.17) is 5.11 Å². The van der Waals surface area contributed by atoms with Gasteiger partial charge >= 0.3 is 12.1 Å². The molecule has 1 aliphatic rings. The molecule has 2 atom stereocenters. The molecule has 3 N–H and O–H groups in total. The third-order valence-electron chi connectivity index (χ3n) is 3.49. The van der Waals surface area contributed by atoms with Crippen LogP contribution in [0, 0.1) is 5.92 Å². The number of aromatic carboxylic acids is 1. The largest absolute Gasteiger partial charge is 0.478 e. The van der Waals surface area contributed by atoms with Gasteiger partial charge in [-0.25, -0.2) is 9.78 Å². The topological polar surface area (TPSA) is 82.5 Å². The molecular weight excluding hydrogens is 289 g/mol. The van der Waals surface area contributed by atoms with Crippen LogP contribution in [0.5, 0.6) is 0 Å². The van der Waals surface area contributed by atoms with Gasteiger partial charge in [0.1, 0.15) is 17.1 Å². The Hall–Kier alpha value is -1.83. The lowest BCUT2D eigenvalue weighted by atomic mass is 10.1. The smallest absolute Gasteiger partial charge is 0.433 e. The molecular formula is C13H15F3N2O3. The summed E-state index contributed by atoms with van der Waals surface area (Å²) in [6.45, 7) is 0.283. The van der Waals surface area contributed by atoms with Crippen molar-refractivity contribution in [3.8, 4) is 0 Å². The summed E-state index contributed by atoms with van der Waals surface area (Å²) in [6.07, 6.45) is -3.08. The highest BCUT2D eigenvalue weighted by molar-refractivity contribution is 5.93. The fourth-order valence-corrected chi connectivity index (χ4v) is 2.40. The van der Waals surface area contributed by atoms with E-state index >= 15 is 0 Å². The van der Waals surface area contributed by atoms with Crippen LogP contribution in [0.15, 0.2) is 12.1 Å². The minimum absolute atomic E-state index is 0.0954. The summed E-state index contributed by atoms with van der Waals surface area (Å²) in [5.74, 6) is -1.54. The van der Waals surface area contributed by atoms with Gasteiger partial charge in [-0.3, -0.25) is 0 Å². The predicted octanol–water partition coefficient (Wildman–Crippen LogP) is 2.37. The van der Waals surface area contributed by atoms with Gasteiger partial charge in [-0.05, 0) is 37.3 Å². The number of aliphatic hydroxyl groups is 1. The Morgan fingerprint density at radius 2 is 2.10 bits per heavy atom. The summed E-state index contributed by atoms with van der Waals surface area (Å²) in [7, 11) is 0. The molecule has 1 heterocycles. The van der Waals surface area contributed by atoms with Crippen LogP contribution in [-0.4, -0.2) is 33.8 Å². The zero-order valence-corrected chi connectivity index (χ0v) is 11.0. The lowest BCUT2D eigenvalue weighted by Crippen LogP contribution is -2.18. The Labute approximate surface area is 118 Å². The summed E-state index contributed by atoms with van der Waals surface area (Å²) in [5.41, 5.74) is -1.44. The molecule has 0 spiro atoms. The number of hydrogen-bond acceptors (Lipinski definition) is 4. The molecule has 0 saturated heterocycles. The number of aliphatic hydroxyl groups excluding tert-OH is 1. The van der Waals surface area contributed by atoms with Gasteiger partial charge in [0.15, 0.2) is 0 Å². The maximum absolute atomic E-state index is 12.6. The highest BCUT2D eigenvalue weighted by atomic mass is 19.4. The average molecular weight is 304 g/mol. The molecule has 2 rings (SSSR count). The number of nitrogens with zero attached hydrogens (tertiary/aromatic N) is 1. The van der Waals surface area contributed by atoms with Crippen molar-refractivity contribution in [2.24, 2.45) is 5.92 Å². The number of halogens is 3. The first-order chi connectivity index (χ1) is 9.77. The van der Waals surface area contributed by atoms with E-state index in [-0.39, 0.29) is 23.8 Å². The summed E-state index contributed by atoms with van der Waals surface area (Å²) in [5, 5.41) is 21.1. The predicted molar refractivity (Wildman–Crippen MR) is 68.0 cm³/mol. The number of carboxylic acids is 1. The Kier molecular flexibility index (Phi) is 4.36. The highest BCUT2D eigenvalue weighted by Gasteiger charge is 2.33. The van der Waals surface area contributed by atoms with Crippen LogP contribution in [0.2, 0.25) is 0 Å². The summed E-state index contributed by atoms with van der Waals surface area (Å²) in [6, 6.07) is 1.54. The van der Waals surface area contributed by atoms with Crippen molar-refractivity contribution in [2.75, 3.05) is 11.9 Å². The Balaban J connectivity index is 2.16. The molecule has 1 aromatic heterocycles. The van der Waals surface area contributed by atoms with Crippen LogP contribution in [0.25, 0.3) is 0 Å². The van der Waals surface area contributed by atoms with E-state index in [0.29, 0.717) is 18.9 Å². The number of carboxylic acid groups (broad SMARTS) is 1. The molecule has 0 aliphatic heterocycles. The summed E-state index contributed by atoms with van der Waals surface area (Å²) in [4.78, 5) is 14.4. The van der Waals surface area contributed by atoms with Crippen LogP contribution in [0.1, 0.15) is 35.3 Å². The van der Waals surface area contributed by atoms with E-state index < -0.39 is 23.9 Å². The van der Waals surface area contributed by atoms with E-state index in [1.807, 2.05) is 0 Å². The van der Waals surface area contributed by atoms with Crippen molar-refractivity contribution in [2.45, 2.75) is 31.5 Å². The monoisotopic (exact) mass is 304 g/mol. The average Bonchev–Trinajstić information content (AvgIpc) is 2.80. The van der Waals surface area contributed by atoms with Crippen molar-refractivity contribution >= 4 is 11.8 Å². The van der Waals surface area contributed by atoms with Crippen molar-refractivity contribution in [1.29, 1.82) is 0 Å². The quantitative estimate of drug-likeness (QED) is 0.795. The molecule has 1 saturated carbocycles. The van der Waals surface area contributed by atoms with Gasteiger partial charge in [0.25, 0.3) is 0 Å². The maximum Gasteiger partial charge on any atom is 0.433 e. The van der Waals surface area contributed by atoms with Crippen molar-refractivity contribution in [3.05, 3.63) is 23.4 Å². The molecule has 1 aliphatic carbocycles. The lowest BCUT2D eigenvalue weighted by molar-refractivity contribution is -0.141. The Morgan fingerprint density at radius 1 is 1.38 bits per heavy atom. The number of anilines is 1. The Morgan fingerprint density at radius 3 is 2.62 bits per heavy atom. The molecule has 21 heavy (non-hydrogen) atoms. The number of pyridine rings is 1. The molecule has 0 amide bonds. The second-order valence-corrected chi connectivity index (χ2v) is 5.11. The Bertz CT molecular complexity index is 534. The third kappa shape index (κ3) is 3.84. The fraction of sp³-hybridized carbons (Fsp3) is 0.538. The van der Waals surface area contributed by atoms with Gasteiger partial charge in [0.2, 0.25) is 0 Å². The van der Waals surface area contributed by atoms with E-state index in [1.165, 1.54) is 0 Å². The number of carbonyl (C=O) groups is 1. The standard InChI is InChI=1S/C13H15F3N2O3/c14-13(15,16)10-4-3-9(12(20)21)11(18-10)17-6-7-1-2-8(19)5-7/h3-4,7-8,19H,1-2,5-6H2,(H,17,18)(H,20,21). The zero-order chi connectivity index (χ0) is 15.6. The molecule has 116 valence electrons. The van der Waals surface area contributed by atoms with Gasteiger partial charge in [-0.2, -0.15) is 13.2 Å². The molecule has 5 nitrogen and oxygen atoms in total. The number of rotatable bonds is 4. The summed E-state index contributed by atoms with van der Waals surface area (Å²) < 4.78 is 37.9. The molecule has 8 heteroatoms. The van der Waals surface area contributed by atoms with Crippen LogP contribution >= 0.6 is 0 Å². The zero-order valence-electron chi connectivity index (χ0n) is 11.0. The maximum atomic E-state index is 12.6. The summed E-state index contributed by atoms with van der Waals surface area (Å²) >= 11 is 0.